The van der Waals surface area contributed by atoms with Crippen molar-refractivity contribution in [2.24, 2.45) is 0 Å². The highest BCUT2D eigenvalue weighted by atomic mass is 16.5. The van der Waals surface area contributed by atoms with Crippen molar-refractivity contribution in [3.8, 4) is 0 Å². The van der Waals surface area contributed by atoms with E-state index >= 15 is 0 Å². The Balaban J connectivity index is 2.16. The van der Waals surface area contributed by atoms with Gasteiger partial charge in [0.05, 0.1) is 0 Å². The number of hydrogen-bond acceptors (Lipinski definition) is 4. The summed E-state index contributed by atoms with van der Waals surface area (Å²) >= 11 is 0. The van der Waals surface area contributed by atoms with Crippen molar-refractivity contribution >= 4 is 5.91 Å². The number of pyridine rings is 1. The summed E-state index contributed by atoms with van der Waals surface area (Å²) in [7, 11) is 3.43. The van der Waals surface area contributed by atoms with Gasteiger partial charge in [0.15, 0.2) is 0 Å². The predicted octanol–water partition coefficient (Wildman–Crippen LogP) is 0.979. The van der Waals surface area contributed by atoms with Crippen LogP contribution in [0.4, 0.5) is 0 Å². The lowest BCUT2D eigenvalue weighted by atomic mass is 10.0. The molecule has 1 aromatic heterocycles. The number of likely N-dealkylation sites (N-methyl/N-ethyl adjacent to an activating group) is 1. The minimum Gasteiger partial charge on any atom is -0.375 e. The summed E-state index contributed by atoms with van der Waals surface area (Å²) < 4.78 is 5.53. The summed E-state index contributed by atoms with van der Waals surface area (Å²) in [5.74, 6) is 0.115. The molecule has 5 heteroatoms. The van der Waals surface area contributed by atoms with Crippen LogP contribution in [0.3, 0.4) is 0 Å². The van der Waals surface area contributed by atoms with Gasteiger partial charge in [-0.25, -0.2) is 0 Å². The van der Waals surface area contributed by atoms with Crippen molar-refractivity contribution in [3.05, 3.63) is 30.1 Å². The van der Waals surface area contributed by atoms with Crippen molar-refractivity contribution in [2.45, 2.75) is 25.0 Å². The van der Waals surface area contributed by atoms with E-state index in [4.69, 9.17) is 4.74 Å². The zero-order chi connectivity index (χ0) is 13.7. The molecule has 0 aromatic carbocycles. The molecule has 1 saturated heterocycles. The average Bonchev–Trinajstić information content (AvgIpc) is 2.99. The van der Waals surface area contributed by atoms with Crippen molar-refractivity contribution in [2.75, 3.05) is 27.2 Å². The van der Waals surface area contributed by atoms with Crippen LogP contribution in [0, 0.1) is 0 Å². The minimum absolute atomic E-state index is 0.115. The lowest BCUT2D eigenvalue weighted by Crippen LogP contribution is -2.48. The zero-order valence-electron chi connectivity index (χ0n) is 11.5. The van der Waals surface area contributed by atoms with Gasteiger partial charge in [0.2, 0.25) is 5.91 Å². The maximum absolute atomic E-state index is 12.5. The second-order valence-corrected chi connectivity index (χ2v) is 4.74. The molecule has 2 rings (SSSR count). The van der Waals surface area contributed by atoms with Gasteiger partial charge in [0, 0.05) is 32.6 Å². The number of likely N-dealkylation sites (tertiary alicyclic amines) is 1. The molecule has 0 bridgehead atoms. The molecular weight excluding hydrogens is 242 g/mol. The first-order valence-electron chi connectivity index (χ1n) is 6.66. The largest absolute Gasteiger partial charge is 0.375 e. The number of nitrogens with one attached hydrogen (secondary N) is 1. The third-order valence-electron chi connectivity index (χ3n) is 3.59. The fourth-order valence-corrected chi connectivity index (χ4v) is 2.56. The van der Waals surface area contributed by atoms with Gasteiger partial charge in [-0.2, -0.15) is 0 Å². The van der Waals surface area contributed by atoms with E-state index in [9.17, 15) is 4.79 Å². The Morgan fingerprint density at radius 3 is 2.53 bits per heavy atom. The fourth-order valence-electron chi connectivity index (χ4n) is 2.56. The molecule has 2 atom stereocenters. The number of methoxy groups -OCH3 is 1. The second-order valence-electron chi connectivity index (χ2n) is 4.74. The Labute approximate surface area is 114 Å². The van der Waals surface area contributed by atoms with E-state index in [2.05, 4.69) is 10.3 Å². The molecule has 0 saturated carbocycles. The number of amides is 1. The van der Waals surface area contributed by atoms with Crippen LogP contribution in [0.15, 0.2) is 24.5 Å². The Morgan fingerprint density at radius 2 is 2.00 bits per heavy atom. The van der Waals surface area contributed by atoms with E-state index in [-0.39, 0.29) is 18.1 Å². The van der Waals surface area contributed by atoms with Crippen LogP contribution in [0.25, 0.3) is 0 Å². The van der Waals surface area contributed by atoms with Gasteiger partial charge < -0.3 is 15.0 Å². The normalized spacial score (nSPS) is 18.3. The lowest BCUT2D eigenvalue weighted by Gasteiger charge is -2.28. The van der Waals surface area contributed by atoms with Crippen LogP contribution in [0.5, 0.6) is 0 Å². The van der Waals surface area contributed by atoms with Crippen LogP contribution in [0.2, 0.25) is 0 Å². The lowest BCUT2D eigenvalue weighted by molar-refractivity contribution is -0.136. The van der Waals surface area contributed by atoms with Crippen molar-refractivity contribution < 1.29 is 9.53 Å². The van der Waals surface area contributed by atoms with Gasteiger partial charge >= 0.3 is 0 Å². The van der Waals surface area contributed by atoms with Crippen LogP contribution < -0.4 is 5.32 Å². The van der Waals surface area contributed by atoms with Gasteiger partial charge in [-0.15, -0.1) is 0 Å². The monoisotopic (exact) mass is 263 g/mol. The smallest absolute Gasteiger partial charge is 0.242 e. The first-order chi connectivity index (χ1) is 9.27. The standard InChI is InChI=1S/C14H21N3O2/c1-15-12(14(18)17-9-3-4-10-17)13(19-2)11-5-7-16-8-6-11/h5-8,12-13,15H,3-4,9-10H2,1-2H3/t12-,13+/m0/s1. The molecule has 0 unspecified atom stereocenters. The Hall–Kier alpha value is -1.46. The highest BCUT2D eigenvalue weighted by Gasteiger charge is 2.32. The quantitative estimate of drug-likeness (QED) is 0.860. The summed E-state index contributed by atoms with van der Waals surface area (Å²) in [6.45, 7) is 1.70. The third-order valence-corrected chi connectivity index (χ3v) is 3.59. The molecule has 1 amide bonds. The summed E-state index contributed by atoms with van der Waals surface area (Å²) in [6, 6.07) is 3.41. The minimum atomic E-state index is -0.356. The summed E-state index contributed by atoms with van der Waals surface area (Å²) in [6.07, 6.45) is 5.33. The molecule has 5 nitrogen and oxygen atoms in total. The average molecular weight is 263 g/mol. The van der Waals surface area contributed by atoms with E-state index in [1.165, 1.54) is 0 Å². The van der Waals surface area contributed by atoms with Crippen molar-refractivity contribution in [3.63, 3.8) is 0 Å². The van der Waals surface area contributed by atoms with Crippen LogP contribution >= 0.6 is 0 Å². The molecule has 1 aliphatic rings. The second kappa shape index (κ2) is 6.63. The van der Waals surface area contributed by atoms with Crippen LogP contribution in [-0.2, 0) is 9.53 Å². The highest BCUT2D eigenvalue weighted by Crippen LogP contribution is 2.22. The molecule has 0 spiro atoms. The van der Waals surface area contributed by atoms with Crippen molar-refractivity contribution in [1.82, 2.24) is 15.2 Å². The van der Waals surface area contributed by atoms with E-state index < -0.39 is 0 Å². The molecule has 1 N–H and O–H groups in total. The number of carbonyl (C=O) groups excluding carboxylic acids is 1. The molecule has 1 aromatic rings. The van der Waals surface area contributed by atoms with Gasteiger partial charge in [-0.1, -0.05) is 0 Å². The molecule has 104 valence electrons. The molecule has 19 heavy (non-hydrogen) atoms. The van der Waals surface area contributed by atoms with Gasteiger partial charge in [0.25, 0.3) is 0 Å². The first-order valence-corrected chi connectivity index (χ1v) is 6.66. The number of carbonyl (C=O) groups is 1. The van der Waals surface area contributed by atoms with E-state index in [1.807, 2.05) is 17.0 Å². The number of nitrogens with zero attached hydrogens (tertiary/aromatic N) is 2. The predicted molar refractivity (Wildman–Crippen MR) is 72.6 cm³/mol. The Morgan fingerprint density at radius 1 is 1.37 bits per heavy atom. The van der Waals surface area contributed by atoms with Gasteiger partial charge in [-0.05, 0) is 37.6 Å². The maximum Gasteiger partial charge on any atom is 0.242 e. The molecule has 1 fully saturated rings. The topological polar surface area (TPSA) is 54.5 Å². The summed E-state index contributed by atoms with van der Waals surface area (Å²) in [4.78, 5) is 18.4. The molecule has 0 aliphatic carbocycles. The maximum atomic E-state index is 12.5. The Kier molecular flexibility index (Phi) is 4.87. The van der Waals surface area contributed by atoms with E-state index in [0.717, 1.165) is 31.5 Å². The fraction of sp³-hybridized carbons (Fsp3) is 0.571. The summed E-state index contributed by atoms with van der Waals surface area (Å²) in [5.41, 5.74) is 0.962. The Bertz CT molecular complexity index is 404. The number of aromatic nitrogens is 1. The van der Waals surface area contributed by atoms with Gasteiger partial charge in [0.1, 0.15) is 12.1 Å². The number of hydrogen-bond donors (Lipinski definition) is 1. The number of rotatable bonds is 5. The number of ether oxygens (including phenoxy) is 1. The van der Waals surface area contributed by atoms with E-state index in [0.29, 0.717) is 0 Å². The van der Waals surface area contributed by atoms with Crippen LogP contribution in [-0.4, -0.2) is 49.1 Å². The zero-order valence-corrected chi connectivity index (χ0v) is 11.5. The molecule has 0 radical (unpaired) electrons. The van der Waals surface area contributed by atoms with E-state index in [1.54, 1.807) is 26.6 Å². The SMILES string of the molecule is CN[C@H](C(=O)N1CCCC1)[C@H](OC)c1ccncc1. The van der Waals surface area contributed by atoms with Crippen LogP contribution in [0.1, 0.15) is 24.5 Å². The highest BCUT2D eigenvalue weighted by molar-refractivity contribution is 5.83. The summed E-state index contributed by atoms with van der Waals surface area (Å²) in [5, 5.41) is 3.09. The van der Waals surface area contributed by atoms with Gasteiger partial charge in [-0.3, -0.25) is 9.78 Å². The first kappa shape index (κ1) is 14.0. The third kappa shape index (κ3) is 3.11. The van der Waals surface area contributed by atoms with Crippen molar-refractivity contribution in [1.29, 1.82) is 0 Å². The molecule has 2 heterocycles. The molecule has 1 aliphatic heterocycles. The molecular formula is C14H21N3O2.